The number of amides is 1. The molecule has 8 heteroatoms. The molecule has 5 rings (SSSR count). The third-order valence-corrected chi connectivity index (χ3v) is 5.32. The van der Waals surface area contributed by atoms with Crippen molar-refractivity contribution in [3.8, 4) is 17.2 Å². The van der Waals surface area contributed by atoms with Crippen LogP contribution in [0.4, 0.5) is 0 Å². The van der Waals surface area contributed by atoms with Gasteiger partial charge in [-0.25, -0.2) is 4.68 Å². The van der Waals surface area contributed by atoms with E-state index in [0.29, 0.717) is 23.6 Å². The van der Waals surface area contributed by atoms with E-state index < -0.39 is 0 Å². The van der Waals surface area contributed by atoms with Crippen molar-refractivity contribution in [2.24, 2.45) is 0 Å². The third-order valence-electron chi connectivity index (χ3n) is 5.32. The summed E-state index contributed by atoms with van der Waals surface area (Å²) in [5.41, 5.74) is 3.93. The molecule has 1 N–H and O–H groups in total. The van der Waals surface area contributed by atoms with Gasteiger partial charge in [-0.2, -0.15) is 0 Å². The van der Waals surface area contributed by atoms with Crippen LogP contribution in [-0.2, 0) is 6.54 Å². The lowest BCUT2D eigenvalue weighted by molar-refractivity contribution is 0.0950. The molecule has 2 aromatic carbocycles. The van der Waals surface area contributed by atoms with Crippen LogP contribution >= 0.6 is 0 Å². The van der Waals surface area contributed by atoms with Gasteiger partial charge in [-0.1, -0.05) is 11.3 Å². The minimum Gasteiger partial charge on any atom is -0.456 e. The van der Waals surface area contributed by atoms with Gasteiger partial charge in [0.25, 0.3) is 5.91 Å². The number of nitrogens with one attached hydrogen (secondary N) is 1. The number of carbonyl (C=O) groups excluding carboxylic acids is 1. The summed E-state index contributed by atoms with van der Waals surface area (Å²) in [5, 5.41) is 11.7. The maximum absolute atomic E-state index is 12.8. The standard InChI is InChI=1S/C25H20N6O2/c1-17-20(25(32)28-16-18-7-10-26-11-8-18)3-2-4-23(17)33-24-9-12-27-22-15-19(5-6-21(22)24)31-14-13-29-30-31/h2-15H,16H2,1H3,(H,28,32). The molecule has 8 nitrogen and oxygen atoms in total. The lowest BCUT2D eigenvalue weighted by atomic mass is 10.1. The van der Waals surface area contributed by atoms with Gasteiger partial charge in [0.15, 0.2) is 0 Å². The molecule has 3 heterocycles. The fourth-order valence-corrected chi connectivity index (χ4v) is 3.56. The molecule has 0 saturated carbocycles. The zero-order chi connectivity index (χ0) is 22.6. The quantitative estimate of drug-likeness (QED) is 0.428. The molecule has 33 heavy (non-hydrogen) atoms. The molecule has 0 aliphatic rings. The summed E-state index contributed by atoms with van der Waals surface area (Å²) in [7, 11) is 0. The first kappa shape index (κ1) is 20.3. The fourth-order valence-electron chi connectivity index (χ4n) is 3.56. The number of carbonyl (C=O) groups is 1. The van der Waals surface area contributed by atoms with Crippen molar-refractivity contribution in [2.45, 2.75) is 13.5 Å². The van der Waals surface area contributed by atoms with Gasteiger partial charge in [-0.3, -0.25) is 14.8 Å². The number of ether oxygens (including phenoxy) is 1. The van der Waals surface area contributed by atoms with Gasteiger partial charge in [0.05, 0.1) is 23.6 Å². The van der Waals surface area contributed by atoms with E-state index in [1.807, 2.05) is 55.5 Å². The molecular weight excluding hydrogens is 416 g/mol. The minimum atomic E-state index is -0.160. The predicted octanol–water partition coefficient (Wildman–Crippen LogP) is 4.24. The van der Waals surface area contributed by atoms with Gasteiger partial charge in [-0.05, 0) is 61.0 Å². The largest absolute Gasteiger partial charge is 0.456 e. The minimum absolute atomic E-state index is 0.160. The van der Waals surface area contributed by atoms with Crippen LogP contribution in [0.15, 0.2) is 85.6 Å². The van der Waals surface area contributed by atoms with Gasteiger partial charge in [-0.15, -0.1) is 5.10 Å². The van der Waals surface area contributed by atoms with Crippen LogP contribution < -0.4 is 10.1 Å². The Hall–Kier alpha value is -4.59. The summed E-state index contributed by atoms with van der Waals surface area (Å²) in [6, 6.07) is 16.8. The van der Waals surface area contributed by atoms with Crippen molar-refractivity contribution in [3.63, 3.8) is 0 Å². The van der Waals surface area contributed by atoms with Crippen molar-refractivity contribution in [1.29, 1.82) is 0 Å². The summed E-state index contributed by atoms with van der Waals surface area (Å²) in [4.78, 5) is 21.3. The number of hydrogen-bond acceptors (Lipinski definition) is 6. The number of benzene rings is 2. The van der Waals surface area contributed by atoms with Crippen LogP contribution in [0.5, 0.6) is 11.5 Å². The first-order valence-electron chi connectivity index (χ1n) is 10.4. The molecule has 162 valence electrons. The Morgan fingerprint density at radius 1 is 1.00 bits per heavy atom. The number of rotatable bonds is 6. The highest BCUT2D eigenvalue weighted by Crippen LogP contribution is 2.32. The van der Waals surface area contributed by atoms with Crippen LogP contribution in [0.2, 0.25) is 0 Å². The van der Waals surface area contributed by atoms with Gasteiger partial charge in [0.1, 0.15) is 11.5 Å². The van der Waals surface area contributed by atoms with E-state index in [9.17, 15) is 4.79 Å². The Morgan fingerprint density at radius 2 is 1.88 bits per heavy atom. The van der Waals surface area contributed by atoms with E-state index in [0.717, 1.165) is 27.7 Å². The highest BCUT2D eigenvalue weighted by molar-refractivity contribution is 5.96. The molecule has 0 atom stereocenters. The molecule has 0 aliphatic carbocycles. The number of aromatic nitrogens is 5. The summed E-state index contributed by atoms with van der Waals surface area (Å²) in [5.74, 6) is 1.11. The third kappa shape index (κ3) is 4.27. The van der Waals surface area contributed by atoms with Crippen LogP contribution in [0.25, 0.3) is 16.6 Å². The molecule has 0 spiro atoms. The van der Waals surface area contributed by atoms with E-state index in [1.165, 1.54) is 0 Å². The molecular formula is C25H20N6O2. The molecule has 0 bridgehead atoms. The number of nitrogens with zero attached hydrogens (tertiary/aromatic N) is 5. The van der Waals surface area contributed by atoms with Gasteiger partial charge < -0.3 is 10.1 Å². The molecule has 0 radical (unpaired) electrons. The smallest absolute Gasteiger partial charge is 0.251 e. The first-order chi connectivity index (χ1) is 16.2. The van der Waals surface area contributed by atoms with Crippen molar-refractivity contribution < 1.29 is 9.53 Å². The van der Waals surface area contributed by atoms with Crippen LogP contribution in [0.3, 0.4) is 0 Å². The van der Waals surface area contributed by atoms with Gasteiger partial charge in [0, 0.05) is 41.6 Å². The Labute approximate surface area is 189 Å². The summed E-state index contributed by atoms with van der Waals surface area (Å²) < 4.78 is 7.92. The van der Waals surface area contributed by atoms with E-state index in [4.69, 9.17) is 4.74 Å². The van der Waals surface area contributed by atoms with Gasteiger partial charge >= 0.3 is 0 Å². The zero-order valence-electron chi connectivity index (χ0n) is 17.8. The molecule has 5 aromatic rings. The zero-order valence-corrected chi connectivity index (χ0v) is 17.8. The molecule has 3 aromatic heterocycles. The van der Waals surface area contributed by atoms with Crippen molar-refractivity contribution in [1.82, 2.24) is 30.3 Å². The normalized spacial score (nSPS) is 10.8. The average molecular weight is 436 g/mol. The second kappa shape index (κ2) is 8.88. The highest BCUT2D eigenvalue weighted by Gasteiger charge is 2.14. The van der Waals surface area contributed by atoms with E-state index in [1.54, 1.807) is 41.7 Å². The van der Waals surface area contributed by atoms with Crippen molar-refractivity contribution in [3.05, 3.63) is 102 Å². The van der Waals surface area contributed by atoms with E-state index >= 15 is 0 Å². The Morgan fingerprint density at radius 3 is 2.70 bits per heavy atom. The van der Waals surface area contributed by atoms with Crippen molar-refractivity contribution >= 4 is 16.8 Å². The summed E-state index contributed by atoms with van der Waals surface area (Å²) in [6.07, 6.45) is 8.50. The Balaban J connectivity index is 1.40. The molecule has 0 saturated heterocycles. The van der Waals surface area contributed by atoms with Crippen LogP contribution in [0.1, 0.15) is 21.5 Å². The maximum Gasteiger partial charge on any atom is 0.251 e. The predicted molar refractivity (Wildman–Crippen MR) is 123 cm³/mol. The summed E-state index contributed by atoms with van der Waals surface area (Å²) >= 11 is 0. The van der Waals surface area contributed by atoms with E-state index in [-0.39, 0.29) is 5.91 Å². The second-order valence-electron chi connectivity index (χ2n) is 7.43. The second-order valence-corrected chi connectivity index (χ2v) is 7.43. The van der Waals surface area contributed by atoms with Crippen LogP contribution in [-0.4, -0.2) is 30.9 Å². The first-order valence-corrected chi connectivity index (χ1v) is 10.4. The molecule has 0 aliphatic heterocycles. The Bertz CT molecular complexity index is 1420. The lowest BCUT2D eigenvalue weighted by Crippen LogP contribution is -2.23. The summed E-state index contributed by atoms with van der Waals surface area (Å²) in [6.45, 7) is 2.30. The highest BCUT2D eigenvalue weighted by atomic mass is 16.5. The monoisotopic (exact) mass is 436 g/mol. The van der Waals surface area contributed by atoms with Crippen molar-refractivity contribution in [2.75, 3.05) is 0 Å². The SMILES string of the molecule is Cc1c(Oc2ccnc3cc(-n4ccnn4)ccc23)cccc1C(=O)NCc1ccncc1. The van der Waals surface area contributed by atoms with E-state index in [2.05, 4.69) is 25.6 Å². The Kier molecular flexibility index (Phi) is 5.47. The topological polar surface area (TPSA) is 94.8 Å². The maximum atomic E-state index is 12.8. The van der Waals surface area contributed by atoms with Gasteiger partial charge in [0.2, 0.25) is 0 Å². The average Bonchev–Trinajstić information content (AvgIpc) is 3.39. The number of hydrogen-bond donors (Lipinski definition) is 1. The molecule has 1 amide bonds. The number of pyridine rings is 2. The fraction of sp³-hybridized carbons (Fsp3) is 0.0800. The molecule has 0 unspecified atom stereocenters. The molecule has 0 fully saturated rings. The lowest BCUT2D eigenvalue weighted by Gasteiger charge is -2.14. The van der Waals surface area contributed by atoms with Crippen LogP contribution in [0, 0.1) is 6.92 Å². The number of fused-ring (bicyclic) bond motifs is 1.